The van der Waals surface area contributed by atoms with Crippen molar-refractivity contribution < 1.29 is 14.3 Å². The van der Waals surface area contributed by atoms with Crippen molar-refractivity contribution in [2.24, 2.45) is 0 Å². The highest BCUT2D eigenvalue weighted by atomic mass is 16.5. The van der Waals surface area contributed by atoms with Crippen LogP contribution in [0.25, 0.3) is 11.0 Å². The van der Waals surface area contributed by atoms with Gasteiger partial charge >= 0.3 is 0 Å². The zero-order valence-corrected chi connectivity index (χ0v) is 11.7. The van der Waals surface area contributed by atoms with Crippen molar-refractivity contribution in [3.05, 3.63) is 29.5 Å². The predicted octanol–water partition coefficient (Wildman–Crippen LogP) is 0.362. The van der Waals surface area contributed by atoms with Crippen LogP contribution in [0.15, 0.2) is 24.3 Å². The molecule has 2 rings (SSSR count). The lowest BCUT2D eigenvalue weighted by Gasteiger charge is -2.20. The third-order valence-electron chi connectivity index (χ3n) is 2.90. The van der Waals surface area contributed by atoms with E-state index in [1.165, 1.54) is 0 Å². The summed E-state index contributed by atoms with van der Waals surface area (Å²) in [5.41, 5.74) is 1.07. The van der Waals surface area contributed by atoms with Gasteiger partial charge < -0.3 is 19.6 Å². The van der Waals surface area contributed by atoms with Gasteiger partial charge in [-0.25, -0.2) is 4.98 Å². The van der Waals surface area contributed by atoms with Crippen LogP contribution in [0.1, 0.15) is 0 Å². The van der Waals surface area contributed by atoms with Gasteiger partial charge in [0, 0.05) is 33.4 Å². The molecule has 7 nitrogen and oxygen atoms in total. The molecule has 7 heteroatoms. The molecule has 0 spiro atoms. The molecule has 1 aromatic carbocycles. The van der Waals surface area contributed by atoms with Gasteiger partial charge in [0.05, 0.1) is 18.3 Å². The Morgan fingerprint density at radius 2 is 1.80 bits per heavy atom. The van der Waals surface area contributed by atoms with E-state index in [0.717, 1.165) is 0 Å². The third kappa shape index (κ3) is 3.31. The molecule has 20 heavy (non-hydrogen) atoms. The topological polar surface area (TPSA) is 74.4 Å². The molecule has 0 fully saturated rings. The van der Waals surface area contributed by atoms with Gasteiger partial charge in [-0.2, -0.15) is 0 Å². The fraction of sp³-hybridized carbons (Fsp3) is 0.462. The number of hydrogen-bond donors (Lipinski definition) is 0. The van der Waals surface area contributed by atoms with Gasteiger partial charge in [-0.15, -0.1) is 0 Å². The van der Waals surface area contributed by atoms with Gasteiger partial charge in [0.25, 0.3) is 11.5 Å². The zero-order chi connectivity index (χ0) is 14.4. The second-order valence-corrected chi connectivity index (χ2v) is 4.25. The number of nitrogens with zero attached hydrogens (tertiary/aromatic N) is 4. The van der Waals surface area contributed by atoms with Gasteiger partial charge in [0.2, 0.25) is 0 Å². The smallest absolute Gasteiger partial charge is 0.293 e. The lowest BCUT2D eigenvalue weighted by Crippen LogP contribution is -2.39. The van der Waals surface area contributed by atoms with Gasteiger partial charge in [-0.3, -0.25) is 0 Å². The highest BCUT2D eigenvalue weighted by Crippen LogP contribution is 2.11. The Bertz CT molecular complexity index is 556. The van der Waals surface area contributed by atoms with E-state index < -0.39 is 0 Å². The molecule has 0 bridgehead atoms. The van der Waals surface area contributed by atoms with Crippen molar-refractivity contribution in [3.8, 4) is 0 Å². The highest BCUT2D eigenvalue weighted by molar-refractivity contribution is 5.71. The Balaban J connectivity index is 2.31. The fourth-order valence-electron chi connectivity index (χ4n) is 1.83. The maximum absolute atomic E-state index is 11.9. The van der Waals surface area contributed by atoms with Crippen LogP contribution in [0.3, 0.4) is 0 Å². The Hall–Kier alpha value is -1.99. The van der Waals surface area contributed by atoms with Crippen molar-refractivity contribution in [1.82, 2.24) is 10.1 Å². The van der Waals surface area contributed by atoms with E-state index in [0.29, 0.717) is 48.1 Å². The summed E-state index contributed by atoms with van der Waals surface area (Å²) in [6.45, 7) is 2.24. The van der Waals surface area contributed by atoms with Crippen molar-refractivity contribution in [1.29, 1.82) is 0 Å². The summed E-state index contributed by atoms with van der Waals surface area (Å²) in [5.74, 6) is 0.382. The Kier molecular flexibility index (Phi) is 5.03. The lowest BCUT2D eigenvalue weighted by molar-refractivity contribution is -0.641. The summed E-state index contributed by atoms with van der Waals surface area (Å²) in [5, 5.41) is 15.9. The molecule has 0 unspecified atom stereocenters. The molecule has 0 aliphatic carbocycles. The van der Waals surface area contributed by atoms with E-state index in [2.05, 4.69) is 10.1 Å². The maximum Gasteiger partial charge on any atom is 0.293 e. The van der Waals surface area contributed by atoms with Crippen LogP contribution in [0.4, 0.5) is 5.95 Å². The molecular weight excluding hydrogens is 260 g/mol. The first-order valence-corrected chi connectivity index (χ1v) is 6.35. The SMILES string of the molecule is COCCN(CCOC)c1nc2ccccc2[n+]([O-])n1. The molecular formula is C13H18N4O3. The second-order valence-electron chi connectivity index (χ2n) is 4.25. The summed E-state index contributed by atoms with van der Waals surface area (Å²) in [4.78, 5) is 6.90. The van der Waals surface area contributed by atoms with Gasteiger partial charge in [0.1, 0.15) is 5.52 Å². The van der Waals surface area contributed by atoms with E-state index in [-0.39, 0.29) is 0 Å². The van der Waals surface area contributed by atoms with E-state index in [1.54, 1.807) is 32.4 Å². The molecule has 0 aliphatic rings. The van der Waals surface area contributed by atoms with Crippen LogP contribution in [0, 0.1) is 5.21 Å². The number of benzene rings is 1. The van der Waals surface area contributed by atoms with Crippen molar-refractivity contribution in [3.63, 3.8) is 0 Å². The average Bonchev–Trinajstić information content (AvgIpc) is 2.47. The third-order valence-corrected chi connectivity index (χ3v) is 2.90. The first-order chi connectivity index (χ1) is 9.76. The molecule has 108 valence electrons. The largest absolute Gasteiger partial charge is 0.594 e. The summed E-state index contributed by atoms with van der Waals surface area (Å²) < 4.78 is 10.1. The quantitative estimate of drug-likeness (QED) is 0.538. The number of hydrogen-bond acceptors (Lipinski definition) is 6. The normalized spacial score (nSPS) is 10.9. The van der Waals surface area contributed by atoms with E-state index in [9.17, 15) is 5.21 Å². The number of methoxy groups -OCH3 is 2. The predicted molar refractivity (Wildman–Crippen MR) is 74.5 cm³/mol. The number of rotatable bonds is 7. The van der Waals surface area contributed by atoms with Crippen molar-refractivity contribution in [2.45, 2.75) is 0 Å². The molecule has 0 aliphatic heterocycles. The minimum absolute atomic E-state index is 0.382. The van der Waals surface area contributed by atoms with Gasteiger partial charge in [0.15, 0.2) is 0 Å². The van der Waals surface area contributed by atoms with Crippen LogP contribution in [0.5, 0.6) is 0 Å². The molecule has 2 aromatic rings. The minimum atomic E-state index is 0.382. The van der Waals surface area contributed by atoms with E-state index >= 15 is 0 Å². The number of fused-ring (bicyclic) bond motifs is 1. The van der Waals surface area contributed by atoms with E-state index in [1.807, 2.05) is 11.0 Å². The number of ether oxygens (including phenoxy) is 2. The Morgan fingerprint density at radius 3 is 2.45 bits per heavy atom. The molecule has 1 aromatic heterocycles. The van der Waals surface area contributed by atoms with Gasteiger partial charge in [-0.05, 0) is 10.9 Å². The summed E-state index contributed by atoms with van der Waals surface area (Å²) in [6.07, 6.45) is 0. The van der Waals surface area contributed by atoms with Crippen LogP contribution in [0.2, 0.25) is 0 Å². The molecule has 0 saturated heterocycles. The first kappa shape index (κ1) is 14.4. The van der Waals surface area contributed by atoms with Crippen LogP contribution >= 0.6 is 0 Å². The summed E-state index contributed by atoms with van der Waals surface area (Å²) in [6, 6.07) is 7.11. The Morgan fingerprint density at radius 1 is 1.15 bits per heavy atom. The molecule has 0 amide bonds. The first-order valence-electron chi connectivity index (χ1n) is 6.35. The lowest BCUT2D eigenvalue weighted by atomic mass is 10.3. The van der Waals surface area contributed by atoms with Crippen molar-refractivity contribution >= 4 is 17.0 Å². The molecule has 1 heterocycles. The van der Waals surface area contributed by atoms with Crippen molar-refractivity contribution in [2.75, 3.05) is 45.4 Å². The molecule has 0 N–H and O–H groups in total. The monoisotopic (exact) mass is 278 g/mol. The number of anilines is 1. The number of aromatic nitrogens is 3. The molecule has 0 atom stereocenters. The Labute approximate surface area is 117 Å². The molecule has 0 saturated carbocycles. The second kappa shape index (κ2) is 6.97. The highest BCUT2D eigenvalue weighted by Gasteiger charge is 2.16. The van der Waals surface area contributed by atoms with Crippen LogP contribution in [-0.2, 0) is 9.47 Å². The summed E-state index contributed by atoms with van der Waals surface area (Å²) >= 11 is 0. The minimum Gasteiger partial charge on any atom is -0.594 e. The van der Waals surface area contributed by atoms with Gasteiger partial charge in [-0.1, -0.05) is 12.1 Å². The molecule has 0 radical (unpaired) electrons. The van der Waals surface area contributed by atoms with Crippen LogP contribution in [-0.4, -0.2) is 50.6 Å². The standard InChI is InChI=1S/C13H18N4O3/c1-19-9-7-16(8-10-20-2)13-14-11-5-3-4-6-12(11)17(18)15-13/h3-6H,7-10H2,1-2H3. The van der Waals surface area contributed by atoms with E-state index in [4.69, 9.17) is 9.47 Å². The summed E-state index contributed by atoms with van der Waals surface area (Å²) in [7, 11) is 3.26. The average molecular weight is 278 g/mol. The maximum atomic E-state index is 11.9. The number of para-hydroxylation sites is 2. The fourth-order valence-corrected chi connectivity index (χ4v) is 1.83. The van der Waals surface area contributed by atoms with Crippen LogP contribution < -0.4 is 9.75 Å². The zero-order valence-electron chi connectivity index (χ0n) is 11.7.